The Morgan fingerprint density at radius 3 is 2.90 bits per heavy atom. The van der Waals surface area contributed by atoms with E-state index in [0.29, 0.717) is 31.9 Å². The lowest BCUT2D eigenvalue weighted by molar-refractivity contribution is -0.759. The normalized spacial score (nSPS) is 16.2. The zero-order valence-electron chi connectivity index (χ0n) is 15.8. The minimum atomic E-state index is -0.201. The summed E-state index contributed by atoms with van der Waals surface area (Å²) in [6.07, 6.45) is 5.47. The summed E-state index contributed by atoms with van der Waals surface area (Å²) in [5.41, 5.74) is 2.62. The van der Waals surface area contributed by atoms with Crippen LogP contribution in [0, 0.1) is 16.7 Å². The van der Waals surface area contributed by atoms with Gasteiger partial charge in [-0.05, 0) is 36.8 Å². The summed E-state index contributed by atoms with van der Waals surface area (Å²) in [6.45, 7) is 2.68. The quantitative estimate of drug-likeness (QED) is 0.532. The van der Waals surface area contributed by atoms with Crippen LogP contribution < -0.4 is 19.8 Å². The fourth-order valence-electron chi connectivity index (χ4n) is 3.47. The van der Waals surface area contributed by atoms with Crippen molar-refractivity contribution in [1.29, 1.82) is 10.7 Å². The summed E-state index contributed by atoms with van der Waals surface area (Å²) in [5.74, 6) is 0.286. The third-order valence-corrected chi connectivity index (χ3v) is 7.24. The van der Waals surface area contributed by atoms with Gasteiger partial charge in [-0.3, -0.25) is 20.0 Å². The first-order chi connectivity index (χ1) is 14.2. The number of thioether (sulfide) groups is 1. The van der Waals surface area contributed by atoms with Crippen LogP contribution in [0.3, 0.4) is 0 Å². The number of morpholine rings is 1. The van der Waals surface area contributed by atoms with Crippen molar-refractivity contribution in [3.8, 4) is 6.07 Å². The van der Waals surface area contributed by atoms with Gasteiger partial charge in [0.25, 0.3) is 6.20 Å². The molecule has 0 spiro atoms. The van der Waals surface area contributed by atoms with Crippen molar-refractivity contribution in [3.63, 3.8) is 0 Å². The van der Waals surface area contributed by atoms with Crippen molar-refractivity contribution in [2.75, 3.05) is 42.4 Å². The van der Waals surface area contributed by atoms with E-state index in [-0.39, 0.29) is 22.2 Å². The summed E-state index contributed by atoms with van der Waals surface area (Å²) in [6, 6.07) is 2.18. The van der Waals surface area contributed by atoms with Gasteiger partial charge < -0.3 is 4.74 Å². The molecule has 1 aliphatic heterocycles. The Morgan fingerprint density at radius 1 is 1.38 bits per heavy atom. The van der Waals surface area contributed by atoms with Gasteiger partial charge >= 0.3 is 5.88 Å². The molecule has 11 heteroatoms. The Kier molecular flexibility index (Phi) is 6.13. The lowest BCUT2D eigenvalue weighted by Gasteiger charge is -2.19. The van der Waals surface area contributed by atoms with Gasteiger partial charge in [0.2, 0.25) is 11.2 Å². The lowest BCUT2D eigenvalue weighted by atomic mass is 9.91. The molecule has 0 aromatic carbocycles. The Labute approximate surface area is 175 Å². The summed E-state index contributed by atoms with van der Waals surface area (Å²) >= 11 is 2.69. The Bertz CT molecular complexity index is 1010. The highest BCUT2D eigenvalue weighted by Gasteiger charge is 2.24. The number of anilines is 1. The summed E-state index contributed by atoms with van der Waals surface area (Å²) in [5, 5.41) is 26.2. The van der Waals surface area contributed by atoms with E-state index in [1.165, 1.54) is 23.1 Å². The smallest absolute Gasteiger partial charge is 0.305 e. The molecule has 1 amide bonds. The van der Waals surface area contributed by atoms with Gasteiger partial charge in [-0.2, -0.15) is 5.26 Å². The number of carbonyl (C=O) groups is 1. The van der Waals surface area contributed by atoms with E-state index in [1.807, 2.05) is 5.01 Å². The van der Waals surface area contributed by atoms with Crippen molar-refractivity contribution in [2.45, 2.75) is 29.9 Å². The van der Waals surface area contributed by atoms with Crippen LogP contribution in [-0.4, -0.2) is 43.2 Å². The number of ether oxygens (including phenoxy) is 1. The third kappa shape index (κ3) is 4.44. The van der Waals surface area contributed by atoms with E-state index in [9.17, 15) is 10.1 Å². The molecule has 0 saturated carbocycles. The first-order valence-corrected chi connectivity index (χ1v) is 11.2. The minimum Gasteiger partial charge on any atom is -0.377 e. The molecular weight excluding hydrogens is 412 g/mol. The zero-order valence-corrected chi connectivity index (χ0v) is 17.4. The number of nitriles is 1. The SMILES string of the molecule is N#Cc1c2c(c(SCC(=O)Nc3c[n+](N4CCOCC4)no3)sc1=N)CCCC2. The molecule has 1 aliphatic carbocycles. The van der Waals surface area contributed by atoms with Crippen LogP contribution in [0.15, 0.2) is 14.9 Å². The topological polar surface area (TPSA) is 119 Å². The third-order valence-electron chi connectivity index (χ3n) is 4.88. The molecule has 2 N–H and O–H groups in total. The van der Waals surface area contributed by atoms with E-state index in [2.05, 4.69) is 16.7 Å². The second-order valence-corrected chi connectivity index (χ2v) is 9.02. The monoisotopic (exact) mass is 433 g/mol. The van der Waals surface area contributed by atoms with Crippen molar-refractivity contribution in [1.82, 2.24) is 5.27 Å². The number of nitrogens with one attached hydrogen (secondary N) is 2. The maximum atomic E-state index is 12.4. The number of rotatable bonds is 5. The minimum absolute atomic E-state index is 0.201. The number of carbonyl (C=O) groups excluding carboxylic acids is 1. The molecule has 2 aliphatic rings. The lowest BCUT2D eigenvalue weighted by Crippen LogP contribution is -2.62. The molecule has 2 aromatic rings. The molecule has 2 aromatic heterocycles. The molecule has 0 radical (unpaired) electrons. The molecule has 1 saturated heterocycles. The Balaban J connectivity index is 1.40. The predicted molar refractivity (Wildman–Crippen MR) is 106 cm³/mol. The summed E-state index contributed by atoms with van der Waals surface area (Å²) < 4.78 is 11.8. The van der Waals surface area contributed by atoms with Gasteiger partial charge in [0.1, 0.15) is 10.7 Å². The molecule has 0 atom stereocenters. The fraction of sp³-hybridized carbons (Fsp3) is 0.500. The molecule has 1 fully saturated rings. The highest BCUT2D eigenvalue weighted by molar-refractivity contribution is 8.01. The standard InChI is InChI=1S/C18H20N6O3S2/c19-9-14-12-3-1-2-4-13(12)18(29-17(14)20)28-11-15(25)21-16-10-24(22-27-16)23-5-7-26-8-6-23/h10,20H,1-8,11H2/p+1. The first kappa shape index (κ1) is 19.9. The zero-order chi connectivity index (χ0) is 20.2. The van der Waals surface area contributed by atoms with Crippen LogP contribution in [0.4, 0.5) is 5.88 Å². The number of fused-ring (bicyclic) bond motifs is 1. The van der Waals surface area contributed by atoms with Crippen molar-refractivity contribution in [2.24, 2.45) is 0 Å². The van der Waals surface area contributed by atoms with Crippen molar-refractivity contribution >= 4 is 34.9 Å². The Hall–Kier alpha value is -2.42. The number of aromatic nitrogens is 2. The van der Waals surface area contributed by atoms with Crippen molar-refractivity contribution in [3.05, 3.63) is 27.6 Å². The van der Waals surface area contributed by atoms with E-state index < -0.39 is 0 Å². The van der Waals surface area contributed by atoms with Gasteiger partial charge in [-0.1, -0.05) is 0 Å². The highest BCUT2D eigenvalue weighted by Crippen LogP contribution is 2.34. The van der Waals surface area contributed by atoms with Crippen LogP contribution in [0.5, 0.6) is 0 Å². The summed E-state index contributed by atoms with van der Waals surface area (Å²) in [4.78, 5) is 14.0. The molecule has 29 heavy (non-hydrogen) atoms. The Morgan fingerprint density at radius 2 is 2.14 bits per heavy atom. The largest absolute Gasteiger partial charge is 0.377 e. The fourth-order valence-corrected chi connectivity index (χ4v) is 5.67. The average molecular weight is 434 g/mol. The van der Waals surface area contributed by atoms with Gasteiger partial charge in [0.15, 0.2) is 0 Å². The van der Waals surface area contributed by atoms with Gasteiger partial charge in [-0.15, -0.1) is 28.1 Å². The molecular formula is C18H21N6O3S2+. The number of hydrogen-bond donors (Lipinski definition) is 2. The van der Waals surface area contributed by atoms with Crippen LogP contribution in [0.1, 0.15) is 29.5 Å². The molecule has 0 unspecified atom stereocenters. The predicted octanol–water partition coefficient (Wildman–Crippen LogP) is 0.953. The molecule has 152 valence electrons. The molecule has 0 bridgehead atoms. The van der Waals surface area contributed by atoms with Gasteiger partial charge in [0.05, 0.1) is 46.6 Å². The average Bonchev–Trinajstić information content (AvgIpc) is 3.21. The maximum absolute atomic E-state index is 12.4. The van der Waals surface area contributed by atoms with Gasteiger partial charge in [0, 0.05) is 0 Å². The van der Waals surface area contributed by atoms with Crippen LogP contribution in [0.25, 0.3) is 0 Å². The van der Waals surface area contributed by atoms with Crippen LogP contribution >= 0.6 is 23.1 Å². The highest BCUT2D eigenvalue weighted by atomic mass is 32.2. The van der Waals surface area contributed by atoms with E-state index >= 15 is 0 Å². The summed E-state index contributed by atoms with van der Waals surface area (Å²) in [7, 11) is 0. The molecule has 3 heterocycles. The van der Waals surface area contributed by atoms with E-state index in [0.717, 1.165) is 41.0 Å². The maximum Gasteiger partial charge on any atom is 0.305 e. The van der Waals surface area contributed by atoms with E-state index in [1.54, 1.807) is 11.0 Å². The van der Waals surface area contributed by atoms with Crippen LogP contribution in [-0.2, 0) is 22.4 Å². The van der Waals surface area contributed by atoms with Crippen LogP contribution in [0.2, 0.25) is 0 Å². The molecule has 9 nitrogen and oxygen atoms in total. The number of nitrogens with zero attached hydrogens (tertiary/aromatic N) is 4. The molecule has 4 rings (SSSR count). The van der Waals surface area contributed by atoms with Crippen molar-refractivity contribution < 1.29 is 18.8 Å². The first-order valence-electron chi connectivity index (χ1n) is 9.43. The number of amides is 1. The van der Waals surface area contributed by atoms with E-state index in [4.69, 9.17) is 14.7 Å². The second-order valence-electron chi connectivity index (χ2n) is 6.76. The van der Waals surface area contributed by atoms with Gasteiger partial charge in [-0.25, -0.2) is 0 Å². The number of hydrogen-bond acceptors (Lipinski definition) is 9. The second kappa shape index (κ2) is 8.94.